The fraction of sp³-hybridized carbons (Fsp3) is 0.0455. The summed E-state index contributed by atoms with van der Waals surface area (Å²) in [4.78, 5) is 34.2. The summed E-state index contributed by atoms with van der Waals surface area (Å²) in [5.74, 6) is -0.706. The molecule has 32 heavy (non-hydrogen) atoms. The number of carbonyl (C=O) groups excluding carboxylic acids is 2. The third-order valence-corrected chi connectivity index (χ3v) is 4.42. The highest BCUT2D eigenvalue weighted by Crippen LogP contribution is 2.19. The molecule has 162 valence electrons. The second kappa shape index (κ2) is 10.6. The molecule has 0 fully saturated rings. The minimum Gasteiger partial charge on any atom is -0.484 e. The van der Waals surface area contributed by atoms with Crippen LogP contribution in [0.15, 0.2) is 78.9 Å². The minimum atomic E-state index is -0.567. The first kappa shape index (κ1) is 22.4. The lowest BCUT2D eigenvalue weighted by Crippen LogP contribution is -2.49. The number of rotatable bonds is 6. The van der Waals surface area contributed by atoms with Crippen LogP contribution in [0.3, 0.4) is 0 Å². The van der Waals surface area contributed by atoms with Gasteiger partial charge in [0.1, 0.15) is 5.75 Å². The Morgan fingerprint density at radius 1 is 0.875 bits per heavy atom. The molecule has 0 heterocycles. The van der Waals surface area contributed by atoms with Gasteiger partial charge in [0.15, 0.2) is 11.7 Å². The summed E-state index contributed by atoms with van der Waals surface area (Å²) >= 11 is 4.97. The van der Waals surface area contributed by atoms with E-state index in [9.17, 15) is 19.7 Å². The Hall–Kier alpha value is -4.31. The van der Waals surface area contributed by atoms with Gasteiger partial charge in [0, 0.05) is 17.7 Å². The van der Waals surface area contributed by atoms with E-state index in [-0.39, 0.29) is 23.2 Å². The van der Waals surface area contributed by atoms with Crippen molar-refractivity contribution in [3.63, 3.8) is 0 Å². The maximum atomic E-state index is 12.3. The fourth-order valence-corrected chi connectivity index (χ4v) is 2.80. The first-order chi connectivity index (χ1) is 15.4. The number of nitrogens with one attached hydrogen (secondary N) is 3. The van der Waals surface area contributed by atoms with Gasteiger partial charge in [-0.05, 0) is 47.6 Å². The van der Waals surface area contributed by atoms with Gasteiger partial charge in [0.25, 0.3) is 17.5 Å². The van der Waals surface area contributed by atoms with Crippen molar-refractivity contribution in [1.29, 1.82) is 0 Å². The van der Waals surface area contributed by atoms with Gasteiger partial charge in [-0.2, -0.15) is 0 Å². The zero-order valence-electron chi connectivity index (χ0n) is 16.6. The number of carbonyl (C=O) groups is 2. The molecule has 3 N–H and O–H groups in total. The largest absolute Gasteiger partial charge is 0.484 e. The summed E-state index contributed by atoms with van der Waals surface area (Å²) < 4.78 is 5.24. The van der Waals surface area contributed by atoms with Crippen molar-refractivity contribution < 1.29 is 19.2 Å². The molecule has 3 aromatic rings. The Labute approximate surface area is 188 Å². The van der Waals surface area contributed by atoms with E-state index in [0.717, 1.165) is 11.1 Å². The molecule has 0 aliphatic heterocycles. The minimum absolute atomic E-state index is 0.0855. The molecule has 9 nitrogen and oxygen atoms in total. The van der Waals surface area contributed by atoms with E-state index >= 15 is 0 Å². The molecule has 10 heteroatoms. The molecule has 0 saturated heterocycles. The summed E-state index contributed by atoms with van der Waals surface area (Å²) in [6, 6.07) is 22.1. The number of hydrogen-bond donors (Lipinski definition) is 3. The maximum absolute atomic E-state index is 12.3. The van der Waals surface area contributed by atoms with Crippen molar-refractivity contribution in [2.75, 3.05) is 6.61 Å². The first-order valence-corrected chi connectivity index (χ1v) is 9.76. The van der Waals surface area contributed by atoms with Gasteiger partial charge in [0.2, 0.25) is 0 Å². The van der Waals surface area contributed by atoms with Crippen molar-refractivity contribution >= 4 is 34.8 Å². The van der Waals surface area contributed by atoms with Crippen LogP contribution in [0.5, 0.6) is 5.75 Å². The van der Waals surface area contributed by atoms with Gasteiger partial charge in [-0.1, -0.05) is 42.5 Å². The number of nitrogens with zero attached hydrogens (tertiary/aromatic N) is 1. The molecule has 0 saturated carbocycles. The summed E-state index contributed by atoms with van der Waals surface area (Å²) in [6.07, 6.45) is 0. The van der Waals surface area contributed by atoms with Crippen molar-refractivity contribution in [3.8, 4) is 16.9 Å². The van der Waals surface area contributed by atoms with Crippen molar-refractivity contribution in [2.24, 2.45) is 0 Å². The van der Waals surface area contributed by atoms with Crippen LogP contribution < -0.4 is 20.9 Å². The van der Waals surface area contributed by atoms with E-state index in [1.54, 1.807) is 12.1 Å². The van der Waals surface area contributed by atoms with E-state index in [4.69, 9.17) is 17.0 Å². The Kier molecular flexibility index (Phi) is 7.44. The highest BCUT2D eigenvalue weighted by atomic mass is 32.1. The zero-order chi connectivity index (χ0) is 22.9. The average molecular weight is 450 g/mol. The third kappa shape index (κ3) is 6.34. The zero-order valence-corrected chi connectivity index (χ0v) is 17.4. The molecular formula is C22H18N4O5S. The van der Waals surface area contributed by atoms with Gasteiger partial charge in [-0.15, -0.1) is 0 Å². The average Bonchev–Trinajstić information content (AvgIpc) is 2.82. The monoisotopic (exact) mass is 450 g/mol. The highest BCUT2D eigenvalue weighted by molar-refractivity contribution is 7.80. The van der Waals surface area contributed by atoms with Crippen molar-refractivity contribution in [2.45, 2.75) is 0 Å². The number of ether oxygens (including phenoxy) is 1. The van der Waals surface area contributed by atoms with Crippen LogP contribution in [-0.2, 0) is 4.79 Å². The van der Waals surface area contributed by atoms with Crippen LogP contribution in [0, 0.1) is 10.1 Å². The lowest BCUT2D eigenvalue weighted by molar-refractivity contribution is -0.384. The predicted octanol–water partition coefficient (Wildman–Crippen LogP) is 2.98. The topological polar surface area (TPSA) is 123 Å². The normalized spacial score (nSPS) is 10.0. The molecule has 0 atom stereocenters. The van der Waals surface area contributed by atoms with Gasteiger partial charge in [-0.3, -0.25) is 35.9 Å². The molecule has 0 bridgehead atoms. The number of nitro benzene ring substituents is 1. The van der Waals surface area contributed by atoms with E-state index in [1.165, 1.54) is 24.3 Å². The van der Waals surface area contributed by atoms with Crippen LogP contribution >= 0.6 is 12.2 Å². The summed E-state index contributed by atoms with van der Waals surface area (Å²) in [6.45, 7) is -0.367. The molecule has 3 aromatic carbocycles. The van der Waals surface area contributed by atoms with Gasteiger partial charge in [-0.25, -0.2) is 0 Å². The number of benzene rings is 3. The third-order valence-electron chi connectivity index (χ3n) is 4.21. The lowest BCUT2D eigenvalue weighted by atomic mass is 10.0. The van der Waals surface area contributed by atoms with E-state index in [0.29, 0.717) is 5.56 Å². The number of thiocarbonyl (C=S) groups is 1. The second-order valence-electron chi connectivity index (χ2n) is 6.44. The summed E-state index contributed by atoms with van der Waals surface area (Å²) in [7, 11) is 0. The Morgan fingerprint density at radius 2 is 1.50 bits per heavy atom. The first-order valence-electron chi connectivity index (χ1n) is 9.35. The lowest BCUT2D eigenvalue weighted by Gasteiger charge is -2.11. The van der Waals surface area contributed by atoms with Crippen molar-refractivity contribution in [1.82, 2.24) is 16.2 Å². The molecule has 0 aliphatic carbocycles. The molecule has 3 rings (SSSR count). The Balaban J connectivity index is 1.42. The standard InChI is InChI=1S/C22H18N4O5S/c27-20(14-31-19-12-10-18(11-13-19)26(29)30)23-22(32)25-24-21(28)17-8-6-16(7-9-17)15-4-2-1-3-5-15/h1-13H,14H2,(H,24,28)(H2,23,25,27,32). The molecular weight excluding hydrogens is 432 g/mol. The predicted molar refractivity (Wildman–Crippen MR) is 122 cm³/mol. The van der Waals surface area contributed by atoms with E-state index in [1.807, 2.05) is 42.5 Å². The molecule has 0 aliphatic rings. The Morgan fingerprint density at radius 3 is 2.12 bits per heavy atom. The maximum Gasteiger partial charge on any atom is 0.269 e. The van der Waals surface area contributed by atoms with Crippen LogP contribution in [0.4, 0.5) is 5.69 Å². The van der Waals surface area contributed by atoms with Crippen LogP contribution in [0.1, 0.15) is 10.4 Å². The molecule has 0 spiro atoms. The van der Waals surface area contributed by atoms with Crippen LogP contribution in [0.25, 0.3) is 11.1 Å². The highest BCUT2D eigenvalue weighted by Gasteiger charge is 2.10. The second-order valence-corrected chi connectivity index (χ2v) is 6.85. The van der Waals surface area contributed by atoms with Crippen LogP contribution in [-0.4, -0.2) is 28.5 Å². The van der Waals surface area contributed by atoms with E-state index in [2.05, 4.69) is 16.2 Å². The number of nitro groups is 1. The summed E-state index contributed by atoms with van der Waals surface area (Å²) in [5.41, 5.74) is 7.19. The number of amides is 2. The number of hydrogen-bond acceptors (Lipinski definition) is 6. The van der Waals surface area contributed by atoms with Crippen LogP contribution in [0.2, 0.25) is 0 Å². The van der Waals surface area contributed by atoms with Gasteiger partial charge >= 0.3 is 0 Å². The summed E-state index contributed by atoms with van der Waals surface area (Å²) in [5, 5.41) is 12.9. The molecule has 2 amide bonds. The fourth-order valence-electron chi connectivity index (χ4n) is 2.64. The quantitative estimate of drug-likeness (QED) is 0.300. The smallest absolute Gasteiger partial charge is 0.269 e. The van der Waals surface area contributed by atoms with Gasteiger partial charge in [0.05, 0.1) is 4.92 Å². The SMILES string of the molecule is O=C(COc1ccc([N+](=O)[O-])cc1)NC(=S)NNC(=O)c1ccc(-c2ccccc2)cc1. The molecule has 0 unspecified atom stereocenters. The Bertz CT molecular complexity index is 1120. The number of hydrazine groups is 1. The number of non-ortho nitro benzene ring substituents is 1. The van der Waals surface area contributed by atoms with E-state index < -0.39 is 16.7 Å². The van der Waals surface area contributed by atoms with Crippen molar-refractivity contribution in [3.05, 3.63) is 94.5 Å². The molecule has 0 aromatic heterocycles. The molecule has 0 radical (unpaired) electrons. The van der Waals surface area contributed by atoms with Gasteiger partial charge < -0.3 is 4.74 Å².